The monoisotopic (exact) mass is 500 g/mol. The van der Waals surface area contributed by atoms with Gasteiger partial charge in [-0.25, -0.2) is 26.2 Å². The largest absolute Gasteiger partial charge is 0.489 e. The maximum Gasteiger partial charge on any atom is 0.352 e. The Morgan fingerprint density at radius 1 is 1.16 bits per heavy atom. The molecule has 0 radical (unpaired) electrons. The number of aryl methyl sites for hydroxylation is 2. The minimum atomic E-state index is -0.541. The smallest absolute Gasteiger partial charge is 0.352 e. The van der Waals surface area contributed by atoms with Crippen molar-refractivity contribution < 1.29 is 9.53 Å². The number of amides is 2. The molecular weight excluding hydrogens is 472 g/mol. The van der Waals surface area contributed by atoms with Gasteiger partial charge in [0, 0.05) is 22.8 Å². The number of rotatable bonds is 6. The average Bonchev–Trinajstić information content (AvgIpc) is 3.05. The molecule has 170 valence electrons. The number of hydrogen-bond acceptors (Lipinski definition) is 5. The van der Waals surface area contributed by atoms with Gasteiger partial charge in [0.15, 0.2) is 0 Å². The van der Waals surface area contributed by atoms with Crippen molar-refractivity contribution in [3.63, 3.8) is 0 Å². The molecule has 2 amide bonds. The molecule has 3 rings (SSSR count). The molecule has 1 heterocycles. The molecule has 8 nitrogen and oxygen atoms in total. The number of benzene rings is 2. The van der Waals surface area contributed by atoms with Gasteiger partial charge in [-0.15, -0.1) is 0 Å². The minimum Gasteiger partial charge on any atom is -0.489 e. The quantitative estimate of drug-likeness (QED) is 0.298. The van der Waals surface area contributed by atoms with Crippen LogP contribution in [0, 0.1) is 20.8 Å². The number of carbonyl (C=O) groups excluding carboxylic acids is 1. The van der Waals surface area contributed by atoms with E-state index in [0.29, 0.717) is 5.69 Å². The normalized spacial score (nSPS) is 10.9. The van der Waals surface area contributed by atoms with Crippen molar-refractivity contribution in [2.24, 2.45) is 11.7 Å². The van der Waals surface area contributed by atoms with Crippen LogP contribution in [-0.2, 0) is 13.0 Å². The maximum atomic E-state index is 12.2. The molecular formula is C23H29BrN6O2. The van der Waals surface area contributed by atoms with E-state index in [9.17, 15) is 4.79 Å². The van der Waals surface area contributed by atoms with Gasteiger partial charge in [-0.05, 0) is 68.7 Å². The molecule has 0 saturated heterocycles. The van der Waals surface area contributed by atoms with Crippen LogP contribution in [0.15, 0.2) is 40.9 Å². The lowest BCUT2D eigenvalue weighted by molar-refractivity contribution is 0.216. The van der Waals surface area contributed by atoms with E-state index in [4.69, 9.17) is 21.5 Å². The summed E-state index contributed by atoms with van der Waals surface area (Å²) >= 11 is 3.53. The third-order valence-corrected chi connectivity index (χ3v) is 6.17. The molecule has 1 aromatic heterocycles. The zero-order valence-electron chi connectivity index (χ0n) is 19.0. The van der Waals surface area contributed by atoms with Gasteiger partial charge >= 0.3 is 6.03 Å². The van der Waals surface area contributed by atoms with Crippen LogP contribution in [0.5, 0.6) is 5.75 Å². The van der Waals surface area contributed by atoms with Crippen LogP contribution in [-0.4, -0.2) is 27.9 Å². The van der Waals surface area contributed by atoms with Crippen LogP contribution in [0.4, 0.5) is 10.5 Å². The van der Waals surface area contributed by atoms with E-state index in [1.54, 1.807) is 12.1 Å². The summed E-state index contributed by atoms with van der Waals surface area (Å²) in [7, 11) is 1.44. The minimum absolute atomic E-state index is 0.214. The molecule has 0 atom stereocenters. The predicted octanol–water partition coefficient (Wildman–Crippen LogP) is 4.31. The van der Waals surface area contributed by atoms with E-state index in [-0.39, 0.29) is 6.61 Å². The maximum absolute atomic E-state index is 12.2. The van der Waals surface area contributed by atoms with E-state index in [1.807, 2.05) is 36.7 Å². The highest BCUT2D eigenvalue weighted by atomic mass is 79.9. The first-order valence-electron chi connectivity index (χ1n) is 10.3. The summed E-state index contributed by atoms with van der Waals surface area (Å²) in [5.41, 5.74) is 6.67. The zero-order valence-corrected chi connectivity index (χ0v) is 20.6. The summed E-state index contributed by atoms with van der Waals surface area (Å²) in [4.78, 5) is 12.2. The molecule has 0 aliphatic heterocycles. The zero-order chi connectivity index (χ0) is 23.6. The number of nitrogens with zero attached hydrogens (tertiary/aromatic N) is 4. The Morgan fingerprint density at radius 2 is 1.88 bits per heavy atom. The summed E-state index contributed by atoms with van der Waals surface area (Å²) in [5, 5.41) is 6.63. The predicted molar refractivity (Wildman–Crippen MR) is 130 cm³/mol. The Bertz CT molecular complexity index is 1140. The van der Waals surface area contributed by atoms with Gasteiger partial charge in [-0.2, -0.15) is 5.10 Å². The van der Waals surface area contributed by atoms with Crippen molar-refractivity contribution in [2.45, 2.75) is 40.7 Å². The lowest BCUT2D eigenvalue weighted by Gasteiger charge is -2.24. The Balaban J connectivity index is 1.85. The van der Waals surface area contributed by atoms with Crippen LogP contribution >= 0.6 is 15.9 Å². The summed E-state index contributed by atoms with van der Waals surface area (Å²) in [6.07, 6.45) is 0.951. The van der Waals surface area contributed by atoms with Gasteiger partial charge in [-0.1, -0.05) is 28.9 Å². The second-order valence-electron chi connectivity index (χ2n) is 7.65. The van der Waals surface area contributed by atoms with E-state index >= 15 is 0 Å². The highest BCUT2D eigenvalue weighted by molar-refractivity contribution is 9.10. The SMILES string of the molecule is CCc1c(C)nn(-c2ccc(OCc3c(Br)cccc3N(N)C(=O)N(C)N)c(C)c2)c1C. The molecule has 0 fully saturated rings. The second-order valence-corrected chi connectivity index (χ2v) is 8.51. The first-order chi connectivity index (χ1) is 15.1. The summed E-state index contributed by atoms with van der Waals surface area (Å²) < 4.78 is 8.86. The standard InChI is InChI=1S/C23H29BrN6O2/c1-6-18-15(3)27-30(16(18)4)17-10-11-22(14(2)12-17)32-13-19-20(24)8-7-9-21(19)29(26)23(31)28(5)25/h7-12H,6,13,25-26H2,1-5H3. The van der Waals surface area contributed by atoms with Gasteiger partial charge < -0.3 is 4.74 Å². The number of urea groups is 1. The summed E-state index contributed by atoms with van der Waals surface area (Å²) in [6.45, 7) is 8.48. The van der Waals surface area contributed by atoms with Gasteiger partial charge in [0.25, 0.3) is 0 Å². The Labute approximate surface area is 196 Å². The number of nitrogens with two attached hydrogens (primary N) is 2. The molecule has 0 unspecified atom stereocenters. The molecule has 9 heteroatoms. The fourth-order valence-electron chi connectivity index (χ4n) is 3.70. The van der Waals surface area contributed by atoms with Crippen molar-refractivity contribution in [3.05, 3.63) is 68.9 Å². The van der Waals surface area contributed by atoms with Gasteiger partial charge in [0.05, 0.1) is 17.1 Å². The lowest BCUT2D eigenvalue weighted by atomic mass is 10.1. The Hall–Kier alpha value is -2.88. The number of anilines is 1. The Morgan fingerprint density at radius 3 is 2.47 bits per heavy atom. The molecule has 2 aromatic carbocycles. The molecule has 0 saturated carbocycles. The van der Waals surface area contributed by atoms with Crippen LogP contribution in [0.2, 0.25) is 0 Å². The van der Waals surface area contributed by atoms with Crippen molar-refractivity contribution in [3.8, 4) is 11.4 Å². The molecule has 0 bridgehead atoms. The van der Waals surface area contributed by atoms with Gasteiger partial charge in [0.2, 0.25) is 0 Å². The van der Waals surface area contributed by atoms with Crippen LogP contribution < -0.4 is 21.4 Å². The highest BCUT2D eigenvalue weighted by Crippen LogP contribution is 2.30. The molecule has 0 spiro atoms. The van der Waals surface area contributed by atoms with E-state index in [0.717, 1.165) is 54.9 Å². The van der Waals surface area contributed by atoms with E-state index < -0.39 is 6.03 Å². The van der Waals surface area contributed by atoms with E-state index in [2.05, 4.69) is 35.8 Å². The van der Waals surface area contributed by atoms with Gasteiger partial charge in [0.1, 0.15) is 12.4 Å². The third kappa shape index (κ3) is 4.64. The van der Waals surface area contributed by atoms with Crippen LogP contribution in [0.25, 0.3) is 5.69 Å². The fraction of sp³-hybridized carbons (Fsp3) is 0.304. The first kappa shape index (κ1) is 23.8. The molecule has 32 heavy (non-hydrogen) atoms. The van der Waals surface area contributed by atoms with Crippen molar-refractivity contribution in [1.29, 1.82) is 0 Å². The molecule has 0 aliphatic carbocycles. The molecule has 3 aromatic rings. The lowest BCUT2D eigenvalue weighted by Crippen LogP contribution is -2.49. The molecule has 0 aliphatic rings. The number of aromatic nitrogens is 2. The first-order valence-corrected chi connectivity index (χ1v) is 11.1. The third-order valence-electron chi connectivity index (χ3n) is 5.43. The number of ether oxygens (including phenoxy) is 1. The topological polar surface area (TPSA) is 103 Å². The number of hydrazine groups is 2. The average molecular weight is 501 g/mol. The van der Waals surface area contributed by atoms with E-state index in [1.165, 1.54) is 12.6 Å². The van der Waals surface area contributed by atoms with Crippen molar-refractivity contribution in [1.82, 2.24) is 14.8 Å². The summed E-state index contributed by atoms with van der Waals surface area (Å²) in [6, 6.07) is 10.8. The number of carbonyl (C=O) groups is 1. The summed E-state index contributed by atoms with van der Waals surface area (Å²) in [5.74, 6) is 12.3. The van der Waals surface area contributed by atoms with Crippen LogP contribution in [0.3, 0.4) is 0 Å². The highest BCUT2D eigenvalue weighted by Gasteiger charge is 2.20. The number of hydrogen-bond donors (Lipinski definition) is 2. The molecule has 4 N–H and O–H groups in total. The van der Waals surface area contributed by atoms with Crippen molar-refractivity contribution in [2.75, 3.05) is 12.1 Å². The van der Waals surface area contributed by atoms with Gasteiger partial charge in [-0.3, -0.25) is 5.01 Å². The van der Waals surface area contributed by atoms with Crippen LogP contribution in [0.1, 0.15) is 35.0 Å². The number of halogens is 1. The Kier molecular flexibility index (Phi) is 7.22. The second kappa shape index (κ2) is 9.72. The van der Waals surface area contributed by atoms with Crippen molar-refractivity contribution >= 4 is 27.6 Å². The fourth-order valence-corrected chi connectivity index (χ4v) is 4.17.